The summed E-state index contributed by atoms with van der Waals surface area (Å²) in [5.74, 6) is 0.927. The van der Waals surface area contributed by atoms with Gasteiger partial charge in [-0.1, -0.05) is 12.1 Å². The molecule has 0 aliphatic carbocycles. The molecule has 19 heavy (non-hydrogen) atoms. The monoisotopic (exact) mass is 267 g/mol. The lowest BCUT2D eigenvalue weighted by Gasteiger charge is -2.12. The maximum Gasteiger partial charge on any atom is 0.122 e. The van der Waals surface area contributed by atoms with Crippen LogP contribution >= 0.6 is 0 Å². The summed E-state index contributed by atoms with van der Waals surface area (Å²) in [5, 5.41) is 12.0. The molecule has 108 valence electrons. The minimum atomic E-state index is 0.120. The van der Waals surface area contributed by atoms with Crippen molar-refractivity contribution >= 4 is 0 Å². The van der Waals surface area contributed by atoms with Crippen molar-refractivity contribution < 1.29 is 14.6 Å². The van der Waals surface area contributed by atoms with Gasteiger partial charge in [0.2, 0.25) is 0 Å². The normalized spacial score (nSPS) is 12.4. The molecule has 0 aromatic heterocycles. The van der Waals surface area contributed by atoms with Gasteiger partial charge in [-0.25, -0.2) is 0 Å². The second kappa shape index (κ2) is 8.91. The van der Waals surface area contributed by atoms with E-state index in [1.807, 2.05) is 19.1 Å². The maximum atomic E-state index is 8.83. The molecule has 0 saturated carbocycles. The fraction of sp³-hybridized carbons (Fsp3) is 0.600. The lowest BCUT2D eigenvalue weighted by atomic mass is 10.1. The zero-order chi connectivity index (χ0) is 14.1. The Bertz CT molecular complexity index is 368. The first-order valence-corrected chi connectivity index (χ1v) is 6.76. The van der Waals surface area contributed by atoms with Crippen LogP contribution in [0.3, 0.4) is 0 Å². The summed E-state index contributed by atoms with van der Waals surface area (Å²) >= 11 is 0. The average Bonchev–Trinajstić information content (AvgIpc) is 2.41. The number of hydrogen-bond donors (Lipinski definition) is 2. The van der Waals surface area contributed by atoms with Crippen LogP contribution in [-0.4, -0.2) is 44.1 Å². The van der Waals surface area contributed by atoms with Crippen LogP contribution in [0, 0.1) is 13.8 Å². The molecule has 0 aliphatic heterocycles. The Morgan fingerprint density at radius 3 is 2.74 bits per heavy atom. The molecule has 0 aliphatic rings. The highest BCUT2D eigenvalue weighted by molar-refractivity contribution is 5.38. The van der Waals surface area contributed by atoms with Gasteiger partial charge < -0.3 is 19.9 Å². The van der Waals surface area contributed by atoms with Gasteiger partial charge in [0.1, 0.15) is 12.4 Å². The fourth-order valence-corrected chi connectivity index (χ4v) is 1.64. The molecule has 1 aromatic rings. The zero-order valence-electron chi connectivity index (χ0n) is 12.1. The highest BCUT2D eigenvalue weighted by Gasteiger charge is 2.01. The van der Waals surface area contributed by atoms with E-state index in [2.05, 4.69) is 25.2 Å². The van der Waals surface area contributed by atoms with Crippen LogP contribution in [0.4, 0.5) is 0 Å². The molecule has 1 aromatic carbocycles. The molecular weight excluding hydrogens is 242 g/mol. The van der Waals surface area contributed by atoms with E-state index < -0.39 is 0 Å². The first-order chi connectivity index (χ1) is 9.15. The van der Waals surface area contributed by atoms with Crippen LogP contribution in [0.5, 0.6) is 5.75 Å². The Kier molecular flexibility index (Phi) is 7.48. The van der Waals surface area contributed by atoms with Gasteiger partial charge in [-0.05, 0) is 38.0 Å². The molecule has 0 saturated heterocycles. The number of rotatable bonds is 9. The summed E-state index contributed by atoms with van der Waals surface area (Å²) in [5.41, 5.74) is 2.42. The van der Waals surface area contributed by atoms with Gasteiger partial charge in [-0.15, -0.1) is 0 Å². The molecule has 0 heterocycles. The molecule has 0 amide bonds. The van der Waals surface area contributed by atoms with E-state index in [0.717, 1.165) is 12.3 Å². The number of aliphatic hydroxyl groups excluding tert-OH is 1. The van der Waals surface area contributed by atoms with E-state index in [1.165, 1.54) is 11.1 Å². The highest BCUT2D eigenvalue weighted by atomic mass is 16.5. The number of benzene rings is 1. The Morgan fingerprint density at radius 2 is 2.00 bits per heavy atom. The lowest BCUT2D eigenvalue weighted by molar-refractivity contribution is 0.0986. The summed E-state index contributed by atoms with van der Waals surface area (Å²) in [6, 6.07) is 6.17. The second-order valence-electron chi connectivity index (χ2n) is 4.70. The molecule has 0 radical (unpaired) electrons. The quantitative estimate of drug-likeness (QED) is 0.668. The van der Waals surface area contributed by atoms with Crippen molar-refractivity contribution in [3.8, 4) is 5.75 Å². The van der Waals surface area contributed by atoms with E-state index in [9.17, 15) is 0 Å². The van der Waals surface area contributed by atoms with Crippen molar-refractivity contribution in [2.24, 2.45) is 0 Å². The second-order valence-corrected chi connectivity index (χ2v) is 4.70. The van der Waals surface area contributed by atoms with Crippen LogP contribution in [0.15, 0.2) is 18.2 Å². The number of nitrogens with one attached hydrogen (secondary N) is 1. The zero-order valence-corrected chi connectivity index (χ0v) is 12.1. The van der Waals surface area contributed by atoms with Crippen molar-refractivity contribution in [2.75, 3.05) is 33.0 Å². The number of ether oxygens (including phenoxy) is 2. The average molecular weight is 267 g/mol. The predicted octanol–water partition coefficient (Wildman–Crippen LogP) is 1.67. The molecule has 0 bridgehead atoms. The van der Waals surface area contributed by atoms with Crippen molar-refractivity contribution in [3.05, 3.63) is 29.3 Å². The number of aliphatic hydroxyl groups is 1. The molecule has 0 fully saturated rings. The van der Waals surface area contributed by atoms with Gasteiger partial charge in [0.05, 0.1) is 19.8 Å². The minimum Gasteiger partial charge on any atom is -0.491 e. The third-order valence-electron chi connectivity index (χ3n) is 3.05. The van der Waals surface area contributed by atoms with E-state index in [1.54, 1.807) is 0 Å². The maximum absolute atomic E-state index is 8.83. The van der Waals surface area contributed by atoms with Crippen molar-refractivity contribution in [1.29, 1.82) is 0 Å². The first-order valence-electron chi connectivity index (χ1n) is 6.76. The Labute approximate surface area is 115 Å². The van der Waals surface area contributed by atoms with Crippen LogP contribution in [0.1, 0.15) is 18.1 Å². The summed E-state index contributed by atoms with van der Waals surface area (Å²) in [6.07, 6.45) is 0. The molecule has 4 heteroatoms. The summed E-state index contributed by atoms with van der Waals surface area (Å²) < 4.78 is 11.1. The Hall–Kier alpha value is -1.10. The van der Waals surface area contributed by atoms with E-state index in [-0.39, 0.29) is 12.6 Å². The topological polar surface area (TPSA) is 50.7 Å². The highest BCUT2D eigenvalue weighted by Crippen LogP contribution is 2.20. The van der Waals surface area contributed by atoms with Gasteiger partial charge in [0.25, 0.3) is 0 Å². The third-order valence-corrected chi connectivity index (χ3v) is 3.05. The lowest BCUT2D eigenvalue weighted by Crippen LogP contribution is -2.32. The van der Waals surface area contributed by atoms with Crippen LogP contribution in [0.25, 0.3) is 0 Å². The van der Waals surface area contributed by atoms with Gasteiger partial charge in [0, 0.05) is 12.6 Å². The summed E-state index contributed by atoms with van der Waals surface area (Å²) in [6.45, 7) is 8.71. The van der Waals surface area contributed by atoms with Gasteiger partial charge in [0.15, 0.2) is 0 Å². The number of hydrogen-bond acceptors (Lipinski definition) is 4. The standard InChI is InChI=1S/C15H25NO3/c1-12-5-4-6-15(14(12)3)19-10-9-18-8-7-16-13(2)11-17/h4-6,13,16-17H,7-11H2,1-3H3/t13-/m0/s1. The third kappa shape index (κ3) is 6.05. The van der Waals surface area contributed by atoms with Crippen LogP contribution < -0.4 is 10.1 Å². The van der Waals surface area contributed by atoms with Crippen LogP contribution in [0.2, 0.25) is 0 Å². The minimum absolute atomic E-state index is 0.120. The molecule has 1 rings (SSSR count). The first kappa shape index (κ1) is 16.0. The van der Waals surface area contributed by atoms with Gasteiger partial charge in [-0.3, -0.25) is 0 Å². The van der Waals surface area contributed by atoms with Crippen molar-refractivity contribution in [2.45, 2.75) is 26.8 Å². The molecule has 0 unspecified atom stereocenters. The van der Waals surface area contributed by atoms with E-state index in [4.69, 9.17) is 14.6 Å². The summed E-state index contributed by atoms with van der Waals surface area (Å²) in [4.78, 5) is 0. The van der Waals surface area contributed by atoms with Crippen molar-refractivity contribution in [1.82, 2.24) is 5.32 Å². The van der Waals surface area contributed by atoms with Crippen LogP contribution in [-0.2, 0) is 4.74 Å². The summed E-state index contributed by atoms with van der Waals surface area (Å²) in [7, 11) is 0. The van der Waals surface area contributed by atoms with E-state index in [0.29, 0.717) is 19.8 Å². The fourth-order valence-electron chi connectivity index (χ4n) is 1.64. The molecular formula is C15H25NO3. The molecule has 2 N–H and O–H groups in total. The Balaban J connectivity index is 2.09. The molecule has 0 spiro atoms. The molecule has 4 nitrogen and oxygen atoms in total. The van der Waals surface area contributed by atoms with Gasteiger partial charge in [-0.2, -0.15) is 0 Å². The largest absolute Gasteiger partial charge is 0.491 e. The van der Waals surface area contributed by atoms with Gasteiger partial charge >= 0.3 is 0 Å². The smallest absolute Gasteiger partial charge is 0.122 e. The predicted molar refractivity (Wildman–Crippen MR) is 76.8 cm³/mol. The SMILES string of the molecule is Cc1cccc(OCCOCCN[C@@H](C)CO)c1C. The molecule has 1 atom stereocenters. The van der Waals surface area contributed by atoms with Crippen molar-refractivity contribution in [3.63, 3.8) is 0 Å². The van der Waals surface area contributed by atoms with E-state index >= 15 is 0 Å². The Morgan fingerprint density at radius 1 is 1.21 bits per heavy atom. The number of aryl methyl sites for hydroxylation is 1.